The standard InChI is InChI=1S/C14H16ClNO3/c1-9-5-13-11(7-12(9)15)10(6-14(18)19-13)8-16-3-2-4-17/h5-7,16-17H,2-4,8H2,1H3. The minimum absolute atomic E-state index is 0.149. The molecule has 2 aromatic rings. The summed E-state index contributed by atoms with van der Waals surface area (Å²) in [5.41, 5.74) is 1.91. The van der Waals surface area contributed by atoms with Crippen LogP contribution in [0, 0.1) is 6.92 Å². The van der Waals surface area contributed by atoms with Crippen molar-refractivity contribution in [3.8, 4) is 0 Å². The number of aliphatic hydroxyl groups is 1. The molecule has 0 fully saturated rings. The Balaban J connectivity index is 2.36. The van der Waals surface area contributed by atoms with E-state index in [1.54, 1.807) is 6.07 Å². The van der Waals surface area contributed by atoms with Crippen molar-refractivity contribution in [3.63, 3.8) is 0 Å². The summed E-state index contributed by atoms with van der Waals surface area (Å²) in [5.74, 6) is 0. The average Bonchev–Trinajstić information content (AvgIpc) is 2.36. The first-order valence-electron chi connectivity index (χ1n) is 6.16. The highest BCUT2D eigenvalue weighted by atomic mass is 35.5. The highest BCUT2D eigenvalue weighted by molar-refractivity contribution is 6.32. The van der Waals surface area contributed by atoms with E-state index in [1.807, 2.05) is 13.0 Å². The van der Waals surface area contributed by atoms with Crippen LogP contribution in [0.4, 0.5) is 0 Å². The maximum absolute atomic E-state index is 11.5. The zero-order chi connectivity index (χ0) is 13.8. The van der Waals surface area contributed by atoms with Gasteiger partial charge in [-0.25, -0.2) is 4.79 Å². The first-order valence-corrected chi connectivity index (χ1v) is 6.54. The fourth-order valence-electron chi connectivity index (χ4n) is 1.92. The number of fused-ring (bicyclic) bond motifs is 1. The quantitative estimate of drug-likeness (QED) is 0.652. The lowest BCUT2D eigenvalue weighted by Crippen LogP contribution is -2.17. The van der Waals surface area contributed by atoms with Gasteiger partial charge in [-0.3, -0.25) is 0 Å². The largest absolute Gasteiger partial charge is 0.423 e. The van der Waals surface area contributed by atoms with Crippen molar-refractivity contribution in [2.75, 3.05) is 13.2 Å². The molecule has 0 aliphatic rings. The predicted octanol–water partition coefficient (Wildman–Crippen LogP) is 2.23. The van der Waals surface area contributed by atoms with Gasteiger partial charge in [-0.05, 0) is 43.1 Å². The molecule has 1 aromatic carbocycles. The number of benzene rings is 1. The monoisotopic (exact) mass is 281 g/mol. The van der Waals surface area contributed by atoms with Gasteiger partial charge in [-0.1, -0.05) is 11.6 Å². The first-order chi connectivity index (χ1) is 9.11. The van der Waals surface area contributed by atoms with E-state index < -0.39 is 0 Å². The summed E-state index contributed by atoms with van der Waals surface area (Å²) in [6, 6.07) is 5.06. The summed E-state index contributed by atoms with van der Waals surface area (Å²) >= 11 is 6.11. The molecule has 0 atom stereocenters. The van der Waals surface area contributed by atoms with Gasteiger partial charge in [0.2, 0.25) is 0 Å². The fraction of sp³-hybridized carbons (Fsp3) is 0.357. The Hall–Kier alpha value is -1.36. The van der Waals surface area contributed by atoms with Gasteiger partial charge >= 0.3 is 5.63 Å². The molecule has 0 aliphatic carbocycles. The molecular formula is C14H16ClNO3. The second-order valence-corrected chi connectivity index (χ2v) is 4.85. The van der Waals surface area contributed by atoms with Gasteiger partial charge in [0.15, 0.2) is 0 Å². The lowest BCUT2D eigenvalue weighted by atomic mass is 10.1. The van der Waals surface area contributed by atoms with Crippen molar-refractivity contribution in [1.82, 2.24) is 5.32 Å². The number of aliphatic hydroxyl groups excluding tert-OH is 1. The van der Waals surface area contributed by atoms with E-state index >= 15 is 0 Å². The highest BCUT2D eigenvalue weighted by Gasteiger charge is 2.08. The average molecular weight is 282 g/mol. The lowest BCUT2D eigenvalue weighted by Gasteiger charge is -2.08. The van der Waals surface area contributed by atoms with Crippen LogP contribution in [-0.2, 0) is 6.54 Å². The van der Waals surface area contributed by atoms with Crippen molar-refractivity contribution >= 4 is 22.6 Å². The molecule has 1 heterocycles. The SMILES string of the molecule is Cc1cc2oc(=O)cc(CNCCCO)c2cc1Cl. The van der Waals surface area contributed by atoms with Crippen LogP contribution < -0.4 is 10.9 Å². The summed E-state index contributed by atoms with van der Waals surface area (Å²) in [4.78, 5) is 11.5. The first kappa shape index (κ1) is 14.1. The maximum Gasteiger partial charge on any atom is 0.336 e. The topological polar surface area (TPSA) is 62.5 Å². The van der Waals surface area contributed by atoms with Gasteiger partial charge in [0.1, 0.15) is 5.58 Å². The number of hydrogen-bond acceptors (Lipinski definition) is 4. The Morgan fingerprint density at radius 2 is 2.16 bits per heavy atom. The molecule has 2 N–H and O–H groups in total. The molecular weight excluding hydrogens is 266 g/mol. The molecule has 0 aliphatic heterocycles. The smallest absolute Gasteiger partial charge is 0.336 e. The van der Waals surface area contributed by atoms with Crippen LogP contribution in [0.25, 0.3) is 11.0 Å². The molecule has 0 bridgehead atoms. The summed E-state index contributed by atoms with van der Waals surface area (Å²) < 4.78 is 5.18. The second kappa shape index (κ2) is 6.19. The Bertz CT molecular complexity index is 636. The van der Waals surface area contributed by atoms with Crippen LogP contribution in [0.3, 0.4) is 0 Å². The molecule has 1 aromatic heterocycles. The minimum Gasteiger partial charge on any atom is -0.423 e. The molecule has 5 heteroatoms. The molecule has 0 amide bonds. The molecule has 4 nitrogen and oxygen atoms in total. The molecule has 0 unspecified atom stereocenters. The van der Waals surface area contributed by atoms with E-state index in [1.165, 1.54) is 6.07 Å². The van der Waals surface area contributed by atoms with Crippen LogP contribution >= 0.6 is 11.6 Å². The van der Waals surface area contributed by atoms with Gasteiger partial charge in [-0.15, -0.1) is 0 Å². The van der Waals surface area contributed by atoms with E-state index in [-0.39, 0.29) is 12.2 Å². The normalized spacial score (nSPS) is 11.1. The summed E-state index contributed by atoms with van der Waals surface area (Å²) in [5, 5.41) is 13.4. The maximum atomic E-state index is 11.5. The van der Waals surface area contributed by atoms with Gasteiger partial charge in [0.25, 0.3) is 0 Å². The van der Waals surface area contributed by atoms with Gasteiger partial charge in [0.05, 0.1) is 0 Å². The van der Waals surface area contributed by atoms with Crippen LogP contribution in [0.2, 0.25) is 5.02 Å². The van der Waals surface area contributed by atoms with Crippen molar-refractivity contribution in [2.24, 2.45) is 0 Å². The summed E-state index contributed by atoms with van der Waals surface area (Å²) in [6.45, 7) is 3.25. The van der Waals surface area contributed by atoms with E-state index in [0.29, 0.717) is 30.1 Å². The van der Waals surface area contributed by atoms with Gasteiger partial charge in [0, 0.05) is 29.6 Å². The third-order valence-corrected chi connectivity index (χ3v) is 3.34. The van der Waals surface area contributed by atoms with Crippen molar-refractivity contribution < 1.29 is 9.52 Å². The third kappa shape index (κ3) is 3.35. The fourth-order valence-corrected chi connectivity index (χ4v) is 2.09. The van der Waals surface area contributed by atoms with Crippen LogP contribution in [0.1, 0.15) is 17.5 Å². The number of halogens is 1. The molecule has 0 radical (unpaired) electrons. The molecule has 2 rings (SSSR count). The molecule has 0 saturated heterocycles. The van der Waals surface area contributed by atoms with E-state index in [2.05, 4.69) is 5.32 Å². The second-order valence-electron chi connectivity index (χ2n) is 4.44. The van der Waals surface area contributed by atoms with E-state index in [0.717, 1.165) is 16.5 Å². The van der Waals surface area contributed by atoms with Gasteiger partial charge in [-0.2, -0.15) is 0 Å². The van der Waals surface area contributed by atoms with Gasteiger partial charge < -0.3 is 14.8 Å². The minimum atomic E-state index is -0.367. The zero-order valence-electron chi connectivity index (χ0n) is 10.7. The Morgan fingerprint density at radius 1 is 1.37 bits per heavy atom. The Kier molecular flexibility index (Phi) is 4.58. The number of rotatable bonds is 5. The Labute approximate surface area is 116 Å². The number of aryl methyl sites for hydroxylation is 1. The molecule has 0 saturated carbocycles. The lowest BCUT2D eigenvalue weighted by molar-refractivity contribution is 0.286. The van der Waals surface area contributed by atoms with Crippen molar-refractivity contribution in [3.05, 3.63) is 44.8 Å². The van der Waals surface area contributed by atoms with Crippen molar-refractivity contribution in [2.45, 2.75) is 19.9 Å². The summed E-state index contributed by atoms with van der Waals surface area (Å²) in [7, 11) is 0. The van der Waals surface area contributed by atoms with Crippen LogP contribution in [0.5, 0.6) is 0 Å². The van der Waals surface area contributed by atoms with E-state index in [9.17, 15) is 4.79 Å². The Morgan fingerprint density at radius 3 is 2.89 bits per heavy atom. The predicted molar refractivity (Wildman–Crippen MR) is 75.6 cm³/mol. The van der Waals surface area contributed by atoms with Crippen molar-refractivity contribution in [1.29, 1.82) is 0 Å². The van der Waals surface area contributed by atoms with E-state index in [4.69, 9.17) is 21.1 Å². The number of hydrogen-bond donors (Lipinski definition) is 2. The van der Waals surface area contributed by atoms with Crippen LogP contribution in [0.15, 0.2) is 27.4 Å². The highest BCUT2D eigenvalue weighted by Crippen LogP contribution is 2.25. The molecule has 102 valence electrons. The molecule has 19 heavy (non-hydrogen) atoms. The van der Waals surface area contributed by atoms with Crippen LogP contribution in [-0.4, -0.2) is 18.3 Å². The third-order valence-electron chi connectivity index (χ3n) is 2.94. The summed E-state index contributed by atoms with van der Waals surface area (Å²) in [6.07, 6.45) is 0.680. The molecule has 0 spiro atoms. The zero-order valence-corrected chi connectivity index (χ0v) is 11.5. The number of nitrogens with one attached hydrogen (secondary N) is 1.